The number of hydrogen-bond donors (Lipinski definition) is 0. The minimum Gasteiger partial charge on any atom is -0.489 e. The molecule has 232 valence electrons. The fraction of sp³-hybridized carbons (Fsp3) is 0.378. The van der Waals surface area contributed by atoms with Gasteiger partial charge in [-0.3, -0.25) is 9.29 Å². The van der Waals surface area contributed by atoms with Crippen LogP contribution in [0.1, 0.15) is 74.3 Å². The van der Waals surface area contributed by atoms with Crippen LogP contribution in [0.3, 0.4) is 0 Å². The van der Waals surface area contributed by atoms with E-state index in [1.54, 1.807) is 6.07 Å². The summed E-state index contributed by atoms with van der Waals surface area (Å²) in [5.41, 5.74) is 7.13. The number of benzene rings is 3. The van der Waals surface area contributed by atoms with Gasteiger partial charge in [-0.2, -0.15) is 0 Å². The minimum absolute atomic E-state index is 0.105. The lowest BCUT2D eigenvalue weighted by Crippen LogP contribution is -2.26. The van der Waals surface area contributed by atoms with E-state index in [4.69, 9.17) is 32.7 Å². The Hall–Kier alpha value is -3.12. The molecule has 0 unspecified atom stereocenters. The third-order valence-corrected chi connectivity index (χ3v) is 8.48. The molecule has 5 rings (SSSR count). The molecule has 0 saturated carbocycles. The molecule has 7 heteroatoms. The van der Waals surface area contributed by atoms with Crippen LogP contribution in [0, 0.1) is 0 Å². The highest BCUT2D eigenvalue weighted by Crippen LogP contribution is 2.43. The minimum atomic E-state index is -0.539. The molecule has 1 aliphatic carbocycles. The van der Waals surface area contributed by atoms with E-state index in [9.17, 15) is 9.18 Å². The van der Waals surface area contributed by atoms with Gasteiger partial charge < -0.3 is 9.47 Å². The van der Waals surface area contributed by atoms with Crippen molar-refractivity contribution in [3.8, 4) is 5.75 Å². The monoisotopic (exact) mass is 635 g/mol. The number of carbonyl (C=O) groups excluding carboxylic acids is 1. The zero-order chi connectivity index (χ0) is 31.3. The number of rotatable bonds is 9. The molecule has 1 heterocycles. The van der Waals surface area contributed by atoms with E-state index in [0.717, 1.165) is 78.9 Å². The summed E-state index contributed by atoms with van der Waals surface area (Å²) in [5, 5.41) is 1.23. The van der Waals surface area contributed by atoms with E-state index >= 15 is 0 Å². The highest BCUT2D eigenvalue weighted by atomic mass is 35.5. The number of allylic oxidation sites excluding steroid dienone is 1. The lowest BCUT2D eigenvalue weighted by molar-refractivity contribution is -0.148. The molecule has 0 amide bonds. The quantitative estimate of drug-likeness (QED) is 0.173. The standard InChI is InChI=1S/C37H40Cl2FNO3/c1-37(2,3)44-35(42)17-9-25-8-15-31-27(22-25)6-4-7-33(32-16-12-28(38)23-34(32)39)36(31)26-10-13-29(14-11-26)43-30-18-21-41(24-30)20-5-19-40/h8-17,22-23,30H,4-7,18-21,24H2,1-3H3/b17-9+/t30-/m0/s1. The Morgan fingerprint density at radius 3 is 2.52 bits per heavy atom. The SMILES string of the molecule is CC(C)(C)OC(=O)/C=C/c1ccc2c(c1)CCCC(c1ccc(Cl)cc1Cl)=C2c1ccc(O[C@H]2CCN(CCCF)C2)cc1. The van der Waals surface area contributed by atoms with Gasteiger partial charge in [-0.15, -0.1) is 0 Å². The number of ether oxygens (including phenoxy) is 2. The molecule has 3 aromatic carbocycles. The van der Waals surface area contributed by atoms with Crippen molar-refractivity contribution in [2.75, 3.05) is 26.3 Å². The fourth-order valence-electron chi connectivity index (χ4n) is 6.02. The first kappa shape index (κ1) is 32.3. The number of hydrogen-bond acceptors (Lipinski definition) is 4. The lowest BCUT2D eigenvalue weighted by Gasteiger charge is -2.19. The summed E-state index contributed by atoms with van der Waals surface area (Å²) in [7, 11) is 0. The van der Waals surface area contributed by atoms with E-state index in [-0.39, 0.29) is 18.7 Å². The fourth-order valence-corrected chi connectivity index (χ4v) is 6.54. The van der Waals surface area contributed by atoms with Gasteiger partial charge in [-0.1, -0.05) is 59.6 Å². The van der Waals surface area contributed by atoms with Gasteiger partial charge in [0, 0.05) is 35.8 Å². The van der Waals surface area contributed by atoms with E-state index in [0.29, 0.717) is 16.5 Å². The van der Waals surface area contributed by atoms with Gasteiger partial charge in [-0.25, -0.2) is 4.79 Å². The van der Waals surface area contributed by atoms with Crippen molar-refractivity contribution in [3.63, 3.8) is 0 Å². The highest BCUT2D eigenvalue weighted by molar-refractivity contribution is 6.36. The third-order valence-electron chi connectivity index (χ3n) is 7.93. The number of carbonyl (C=O) groups is 1. The number of fused-ring (bicyclic) bond motifs is 1. The molecule has 3 aromatic rings. The molecule has 1 fully saturated rings. The summed E-state index contributed by atoms with van der Waals surface area (Å²) < 4.78 is 24.4. The highest BCUT2D eigenvalue weighted by Gasteiger charge is 2.25. The first-order valence-corrected chi connectivity index (χ1v) is 16.1. The second-order valence-corrected chi connectivity index (χ2v) is 13.4. The molecule has 0 spiro atoms. The Labute approximate surface area is 270 Å². The molecule has 1 atom stereocenters. The summed E-state index contributed by atoms with van der Waals surface area (Å²) in [4.78, 5) is 14.6. The smallest absolute Gasteiger partial charge is 0.331 e. The van der Waals surface area contributed by atoms with Gasteiger partial charge in [0.2, 0.25) is 0 Å². The lowest BCUT2D eigenvalue weighted by atomic mass is 9.87. The van der Waals surface area contributed by atoms with Crippen LogP contribution in [0.5, 0.6) is 5.75 Å². The first-order chi connectivity index (χ1) is 21.1. The number of alkyl halides is 1. The van der Waals surface area contributed by atoms with E-state index in [1.165, 1.54) is 17.2 Å². The maximum atomic E-state index is 12.6. The van der Waals surface area contributed by atoms with E-state index < -0.39 is 5.60 Å². The van der Waals surface area contributed by atoms with Crippen molar-refractivity contribution in [2.24, 2.45) is 0 Å². The van der Waals surface area contributed by atoms with Crippen molar-refractivity contribution >= 4 is 46.4 Å². The number of esters is 1. The molecule has 0 aromatic heterocycles. The summed E-state index contributed by atoms with van der Waals surface area (Å²) in [5.74, 6) is 0.467. The number of halogens is 3. The Balaban J connectivity index is 1.47. The van der Waals surface area contributed by atoms with E-state index in [1.807, 2.05) is 57.2 Å². The normalized spacial score (nSPS) is 17.5. The Bertz CT molecular complexity index is 1540. The Kier molecular flexibility index (Phi) is 10.5. The van der Waals surface area contributed by atoms with Crippen molar-refractivity contribution < 1.29 is 18.7 Å². The third kappa shape index (κ3) is 8.32. The number of likely N-dealkylation sites (tertiary alicyclic amines) is 1. The van der Waals surface area contributed by atoms with Crippen molar-refractivity contribution in [1.82, 2.24) is 4.90 Å². The van der Waals surface area contributed by atoms with E-state index in [2.05, 4.69) is 29.2 Å². The molecule has 2 aliphatic rings. The molecule has 1 saturated heterocycles. The van der Waals surface area contributed by atoms with Crippen LogP contribution in [0.25, 0.3) is 17.2 Å². The second-order valence-electron chi connectivity index (χ2n) is 12.5. The van der Waals surface area contributed by atoms with Gasteiger partial charge in [-0.05, 0) is 122 Å². The van der Waals surface area contributed by atoms with Gasteiger partial charge in [0.05, 0.1) is 6.67 Å². The number of nitrogens with zero attached hydrogens (tertiary/aromatic N) is 1. The van der Waals surface area contributed by atoms with Gasteiger partial charge in [0.25, 0.3) is 0 Å². The molecule has 0 bridgehead atoms. The van der Waals surface area contributed by atoms with Crippen LogP contribution in [0.4, 0.5) is 4.39 Å². The summed E-state index contributed by atoms with van der Waals surface area (Å²) in [6.07, 6.45) is 7.61. The molecular weight excluding hydrogens is 596 g/mol. The van der Waals surface area contributed by atoms with Crippen LogP contribution in [0.15, 0.2) is 66.7 Å². The number of aryl methyl sites for hydroxylation is 1. The van der Waals surface area contributed by atoms with Crippen molar-refractivity contribution in [2.45, 2.75) is 64.6 Å². The molecule has 0 radical (unpaired) electrons. The molecule has 0 N–H and O–H groups in total. The Morgan fingerprint density at radius 2 is 1.80 bits per heavy atom. The molecule has 4 nitrogen and oxygen atoms in total. The van der Waals surface area contributed by atoms with Crippen LogP contribution in [-0.4, -0.2) is 48.9 Å². The zero-order valence-electron chi connectivity index (χ0n) is 25.7. The van der Waals surface area contributed by atoms with Gasteiger partial charge >= 0.3 is 5.97 Å². The van der Waals surface area contributed by atoms with Crippen LogP contribution < -0.4 is 4.74 Å². The summed E-state index contributed by atoms with van der Waals surface area (Å²) in [6.45, 7) is 7.83. The summed E-state index contributed by atoms with van der Waals surface area (Å²) in [6, 6.07) is 20.4. The predicted octanol–water partition coefficient (Wildman–Crippen LogP) is 9.46. The zero-order valence-corrected chi connectivity index (χ0v) is 27.2. The first-order valence-electron chi connectivity index (χ1n) is 15.4. The Morgan fingerprint density at radius 1 is 1.02 bits per heavy atom. The molecule has 44 heavy (non-hydrogen) atoms. The maximum absolute atomic E-state index is 12.6. The topological polar surface area (TPSA) is 38.8 Å². The maximum Gasteiger partial charge on any atom is 0.331 e. The van der Waals surface area contributed by atoms with Crippen LogP contribution in [0.2, 0.25) is 10.0 Å². The van der Waals surface area contributed by atoms with Gasteiger partial charge in [0.1, 0.15) is 17.5 Å². The second kappa shape index (κ2) is 14.3. The predicted molar refractivity (Wildman–Crippen MR) is 179 cm³/mol. The average Bonchev–Trinajstić information content (AvgIpc) is 3.33. The van der Waals surface area contributed by atoms with Crippen molar-refractivity contribution in [3.05, 3.63) is 105 Å². The molecule has 1 aliphatic heterocycles. The van der Waals surface area contributed by atoms with Crippen molar-refractivity contribution in [1.29, 1.82) is 0 Å². The van der Waals surface area contributed by atoms with Crippen LogP contribution >= 0.6 is 23.2 Å². The van der Waals surface area contributed by atoms with Crippen LogP contribution in [-0.2, 0) is 16.0 Å². The largest absolute Gasteiger partial charge is 0.489 e. The summed E-state index contributed by atoms with van der Waals surface area (Å²) >= 11 is 13.1. The average molecular weight is 637 g/mol. The van der Waals surface area contributed by atoms with Gasteiger partial charge in [0.15, 0.2) is 0 Å². The molecular formula is C37H40Cl2FNO3.